The lowest BCUT2D eigenvalue weighted by atomic mass is 10.0. The molecule has 0 spiro atoms. The number of hydrogen-bond donors (Lipinski definition) is 1. The molecule has 0 aliphatic heterocycles. The first kappa shape index (κ1) is 13.6. The van der Waals surface area contributed by atoms with Gasteiger partial charge in [-0.1, -0.05) is 18.2 Å². The molecule has 0 amide bonds. The van der Waals surface area contributed by atoms with Crippen LogP contribution in [0.5, 0.6) is 0 Å². The van der Waals surface area contributed by atoms with E-state index in [1.165, 1.54) is 31.2 Å². The lowest BCUT2D eigenvalue weighted by Gasteiger charge is -2.15. The topological polar surface area (TPSA) is 21.3 Å². The lowest BCUT2D eigenvalue weighted by molar-refractivity contribution is 0.192. The highest BCUT2D eigenvalue weighted by Gasteiger charge is 2.12. The third-order valence-electron chi connectivity index (χ3n) is 3.85. The summed E-state index contributed by atoms with van der Waals surface area (Å²) in [4.78, 5) is 0. The van der Waals surface area contributed by atoms with Crippen molar-refractivity contribution >= 4 is 0 Å². The van der Waals surface area contributed by atoms with Gasteiger partial charge in [0.15, 0.2) is 0 Å². The molecule has 1 unspecified atom stereocenters. The van der Waals surface area contributed by atoms with Crippen molar-refractivity contribution in [2.24, 2.45) is 0 Å². The molecule has 2 rings (SSSR count). The summed E-state index contributed by atoms with van der Waals surface area (Å²) in [6, 6.07) is 7.46. The molecule has 18 heavy (non-hydrogen) atoms. The fourth-order valence-corrected chi connectivity index (χ4v) is 2.67. The zero-order chi connectivity index (χ0) is 12.8. The first-order valence-corrected chi connectivity index (χ1v) is 7.15. The SMILES string of the molecule is COCCCCNC(C)c1ccc2c(c1)CCC2. The predicted molar refractivity (Wildman–Crippen MR) is 76.0 cm³/mol. The standard InChI is InChI=1S/C16H25NO/c1-13(17-10-3-4-11-18-2)15-9-8-14-6-5-7-16(14)12-15/h8-9,12-13,17H,3-7,10-11H2,1-2H3. The van der Waals surface area contributed by atoms with Gasteiger partial charge in [0.25, 0.3) is 0 Å². The van der Waals surface area contributed by atoms with Crippen molar-refractivity contribution in [1.82, 2.24) is 5.32 Å². The minimum atomic E-state index is 0.457. The summed E-state index contributed by atoms with van der Waals surface area (Å²) in [5, 5.41) is 3.59. The fourth-order valence-electron chi connectivity index (χ4n) is 2.67. The van der Waals surface area contributed by atoms with Gasteiger partial charge < -0.3 is 10.1 Å². The van der Waals surface area contributed by atoms with Gasteiger partial charge >= 0.3 is 0 Å². The predicted octanol–water partition coefficient (Wildman–Crippen LogP) is 3.25. The molecule has 1 aromatic rings. The van der Waals surface area contributed by atoms with E-state index < -0.39 is 0 Å². The van der Waals surface area contributed by atoms with Gasteiger partial charge in [0, 0.05) is 19.8 Å². The van der Waals surface area contributed by atoms with Gasteiger partial charge in [0.1, 0.15) is 0 Å². The average Bonchev–Trinajstić information content (AvgIpc) is 2.85. The molecule has 0 heterocycles. The number of ether oxygens (including phenoxy) is 1. The maximum Gasteiger partial charge on any atom is 0.0462 e. The van der Waals surface area contributed by atoms with E-state index >= 15 is 0 Å². The molecular formula is C16H25NO. The van der Waals surface area contributed by atoms with Crippen LogP contribution in [0, 0.1) is 0 Å². The summed E-state index contributed by atoms with van der Waals surface area (Å²) in [5.41, 5.74) is 4.56. The molecule has 2 nitrogen and oxygen atoms in total. The molecule has 2 heteroatoms. The number of unbranched alkanes of at least 4 members (excludes halogenated alkanes) is 1. The minimum absolute atomic E-state index is 0.457. The van der Waals surface area contributed by atoms with E-state index in [-0.39, 0.29) is 0 Å². The maximum atomic E-state index is 5.06. The maximum absolute atomic E-state index is 5.06. The average molecular weight is 247 g/mol. The van der Waals surface area contributed by atoms with Crippen LogP contribution < -0.4 is 5.32 Å². The molecule has 0 saturated heterocycles. The first-order valence-electron chi connectivity index (χ1n) is 7.15. The number of hydrogen-bond acceptors (Lipinski definition) is 2. The van der Waals surface area contributed by atoms with E-state index in [0.717, 1.165) is 19.6 Å². The molecule has 0 saturated carbocycles. The zero-order valence-corrected chi connectivity index (χ0v) is 11.7. The van der Waals surface area contributed by atoms with Crippen molar-refractivity contribution in [2.45, 2.75) is 45.1 Å². The lowest BCUT2D eigenvalue weighted by Crippen LogP contribution is -2.20. The van der Waals surface area contributed by atoms with Crippen LogP contribution in [-0.4, -0.2) is 20.3 Å². The fraction of sp³-hybridized carbons (Fsp3) is 0.625. The van der Waals surface area contributed by atoms with Crippen LogP contribution >= 0.6 is 0 Å². The van der Waals surface area contributed by atoms with E-state index in [2.05, 4.69) is 30.4 Å². The number of methoxy groups -OCH3 is 1. The Labute approximate surface area is 111 Å². The monoisotopic (exact) mass is 247 g/mol. The van der Waals surface area contributed by atoms with E-state index in [9.17, 15) is 0 Å². The summed E-state index contributed by atoms with van der Waals surface area (Å²) in [5.74, 6) is 0. The van der Waals surface area contributed by atoms with Gasteiger partial charge in [-0.25, -0.2) is 0 Å². The second-order valence-electron chi connectivity index (χ2n) is 5.26. The van der Waals surface area contributed by atoms with Crippen LogP contribution in [0.1, 0.15) is 48.9 Å². The Kier molecular flexibility index (Phi) is 5.21. The van der Waals surface area contributed by atoms with Crippen LogP contribution in [0.2, 0.25) is 0 Å². The normalized spacial score (nSPS) is 15.7. The largest absolute Gasteiger partial charge is 0.385 e. The molecule has 0 radical (unpaired) electrons. The van der Waals surface area contributed by atoms with Crippen molar-refractivity contribution in [3.63, 3.8) is 0 Å². The van der Waals surface area contributed by atoms with Crippen LogP contribution in [-0.2, 0) is 17.6 Å². The van der Waals surface area contributed by atoms with E-state index in [1.807, 2.05) is 0 Å². The molecule has 0 fully saturated rings. The van der Waals surface area contributed by atoms with E-state index in [4.69, 9.17) is 4.74 Å². The van der Waals surface area contributed by atoms with Crippen molar-refractivity contribution in [1.29, 1.82) is 0 Å². The smallest absolute Gasteiger partial charge is 0.0462 e. The van der Waals surface area contributed by atoms with Gasteiger partial charge in [-0.05, 0) is 62.3 Å². The zero-order valence-electron chi connectivity index (χ0n) is 11.7. The number of benzene rings is 1. The summed E-state index contributed by atoms with van der Waals surface area (Å²) < 4.78 is 5.06. The highest BCUT2D eigenvalue weighted by Crippen LogP contribution is 2.25. The Morgan fingerprint density at radius 1 is 1.22 bits per heavy atom. The van der Waals surface area contributed by atoms with E-state index in [1.54, 1.807) is 18.2 Å². The van der Waals surface area contributed by atoms with E-state index in [0.29, 0.717) is 6.04 Å². The van der Waals surface area contributed by atoms with Crippen molar-refractivity contribution < 1.29 is 4.74 Å². The third-order valence-corrected chi connectivity index (χ3v) is 3.85. The van der Waals surface area contributed by atoms with Gasteiger partial charge in [0.2, 0.25) is 0 Å². The quantitative estimate of drug-likeness (QED) is 0.747. The molecule has 100 valence electrons. The van der Waals surface area contributed by atoms with Crippen LogP contribution in [0.15, 0.2) is 18.2 Å². The van der Waals surface area contributed by atoms with Gasteiger partial charge in [-0.15, -0.1) is 0 Å². The molecular weight excluding hydrogens is 222 g/mol. The Balaban J connectivity index is 1.80. The molecule has 1 atom stereocenters. The highest BCUT2D eigenvalue weighted by molar-refractivity contribution is 5.36. The number of rotatable bonds is 7. The summed E-state index contributed by atoms with van der Waals surface area (Å²) in [6.45, 7) is 4.20. The molecule has 1 aliphatic carbocycles. The highest BCUT2D eigenvalue weighted by atomic mass is 16.5. The summed E-state index contributed by atoms with van der Waals surface area (Å²) in [6.07, 6.45) is 6.19. The Hall–Kier alpha value is -0.860. The Morgan fingerprint density at radius 2 is 2.06 bits per heavy atom. The minimum Gasteiger partial charge on any atom is -0.385 e. The van der Waals surface area contributed by atoms with Crippen LogP contribution in [0.25, 0.3) is 0 Å². The Bertz CT molecular complexity index is 375. The first-order chi connectivity index (χ1) is 8.81. The molecule has 1 N–H and O–H groups in total. The number of aryl methyl sites for hydroxylation is 2. The van der Waals surface area contributed by atoms with Gasteiger partial charge in [-0.2, -0.15) is 0 Å². The summed E-state index contributed by atoms with van der Waals surface area (Å²) >= 11 is 0. The molecule has 0 aromatic heterocycles. The van der Waals surface area contributed by atoms with Crippen molar-refractivity contribution in [3.8, 4) is 0 Å². The van der Waals surface area contributed by atoms with Crippen LogP contribution in [0.3, 0.4) is 0 Å². The third kappa shape index (κ3) is 3.56. The van der Waals surface area contributed by atoms with Gasteiger partial charge in [0.05, 0.1) is 0 Å². The second kappa shape index (κ2) is 6.91. The molecule has 1 aliphatic rings. The van der Waals surface area contributed by atoms with Crippen molar-refractivity contribution in [3.05, 3.63) is 34.9 Å². The molecule has 0 bridgehead atoms. The second-order valence-corrected chi connectivity index (χ2v) is 5.26. The van der Waals surface area contributed by atoms with Crippen molar-refractivity contribution in [2.75, 3.05) is 20.3 Å². The molecule has 1 aromatic carbocycles. The van der Waals surface area contributed by atoms with Gasteiger partial charge in [-0.3, -0.25) is 0 Å². The van der Waals surface area contributed by atoms with Crippen LogP contribution in [0.4, 0.5) is 0 Å². The number of fused-ring (bicyclic) bond motifs is 1. The number of nitrogens with one attached hydrogen (secondary N) is 1. The Morgan fingerprint density at radius 3 is 2.89 bits per heavy atom. The summed E-state index contributed by atoms with van der Waals surface area (Å²) in [7, 11) is 1.76.